The van der Waals surface area contributed by atoms with Crippen molar-refractivity contribution in [2.24, 2.45) is 0 Å². The molecule has 0 saturated heterocycles. The van der Waals surface area contributed by atoms with E-state index in [0.717, 1.165) is 10.4 Å². The van der Waals surface area contributed by atoms with Crippen molar-refractivity contribution >= 4 is 34.5 Å². The molecule has 2 aromatic rings. The molecule has 1 unspecified atom stereocenters. The van der Waals surface area contributed by atoms with Crippen LogP contribution in [0.4, 0.5) is 0 Å². The van der Waals surface area contributed by atoms with Gasteiger partial charge in [0, 0.05) is 5.57 Å². The van der Waals surface area contributed by atoms with Gasteiger partial charge in [0.05, 0.1) is 11.5 Å². The molecule has 2 aromatic carbocycles. The third kappa shape index (κ3) is 5.53. The van der Waals surface area contributed by atoms with Crippen molar-refractivity contribution in [1.82, 2.24) is 0 Å². The Morgan fingerprint density at radius 1 is 1.03 bits per heavy atom. The molecule has 0 saturated carbocycles. The molecule has 0 radical (unpaired) electrons. The van der Waals surface area contributed by atoms with Crippen molar-refractivity contribution in [2.45, 2.75) is 50.4 Å². The first-order chi connectivity index (χ1) is 14.4. The fourth-order valence-corrected chi connectivity index (χ4v) is 14.4. The maximum Gasteiger partial charge on any atom is 0.333 e. The van der Waals surface area contributed by atoms with Crippen LogP contribution in [0.15, 0.2) is 72.8 Å². The monoisotopic (exact) mass is 460 g/mol. The molecule has 31 heavy (non-hydrogen) atoms. The van der Waals surface area contributed by atoms with Gasteiger partial charge in [0.15, 0.2) is 0 Å². The number of hydrogen-bond donors (Lipinski definition) is 1. The van der Waals surface area contributed by atoms with Gasteiger partial charge in [-0.25, -0.2) is 4.79 Å². The van der Waals surface area contributed by atoms with Crippen molar-refractivity contribution in [1.29, 1.82) is 0 Å². The van der Waals surface area contributed by atoms with Gasteiger partial charge < -0.3 is 4.74 Å². The Kier molecular flexibility index (Phi) is 8.02. The van der Waals surface area contributed by atoms with E-state index in [4.69, 9.17) is 4.74 Å². The van der Waals surface area contributed by atoms with Gasteiger partial charge in [-0.05, 0) is 24.8 Å². The molecule has 168 valence electrons. The van der Waals surface area contributed by atoms with Crippen LogP contribution >= 0.6 is 0 Å². The molecule has 0 aliphatic heterocycles. The van der Waals surface area contributed by atoms with Crippen LogP contribution in [-0.4, -0.2) is 38.5 Å². The van der Waals surface area contributed by atoms with Gasteiger partial charge in [-0.15, -0.1) is 0 Å². The standard InChI is InChI=1S/C24H32O5SSi/c1-19(2)23(25)29-18-12-17-22(30(26,27)28)31(24(3,4)5,20-13-8-6-9-14-20)21-15-10-7-11-16-21/h6-11,13-16,22H,1,12,17-18H2,2-5H3,(H,26,27,28). The lowest BCUT2D eigenvalue weighted by molar-refractivity contribution is -0.139. The second kappa shape index (κ2) is 9.93. The smallest absolute Gasteiger partial charge is 0.333 e. The largest absolute Gasteiger partial charge is 0.462 e. The molecule has 1 atom stereocenters. The van der Waals surface area contributed by atoms with E-state index in [1.807, 2.05) is 81.4 Å². The predicted molar refractivity (Wildman–Crippen MR) is 128 cm³/mol. The number of hydrogen-bond acceptors (Lipinski definition) is 4. The Balaban J connectivity index is 2.63. The molecule has 0 bridgehead atoms. The zero-order valence-corrected chi connectivity index (χ0v) is 20.5. The Labute approximate surface area is 186 Å². The molecule has 0 aliphatic carbocycles. The SMILES string of the molecule is C=C(C)C(=O)OCCCC([Si](c1ccccc1)(c1ccccc1)C(C)(C)C)S(=O)(=O)O. The molecule has 2 rings (SSSR count). The van der Waals surface area contributed by atoms with Crippen molar-refractivity contribution < 1.29 is 22.5 Å². The summed E-state index contributed by atoms with van der Waals surface area (Å²) in [5, 5.41) is 1.44. The highest BCUT2D eigenvalue weighted by Gasteiger charge is 2.57. The Hall–Kier alpha value is -2.22. The number of benzene rings is 2. The topological polar surface area (TPSA) is 80.7 Å². The highest BCUT2D eigenvalue weighted by Crippen LogP contribution is 2.41. The van der Waals surface area contributed by atoms with Gasteiger partial charge >= 0.3 is 5.97 Å². The van der Waals surface area contributed by atoms with Crippen molar-refractivity contribution in [2.75, 3.05) is 6.61 Å². The van der Waals surface area contributed by atoms with Crippen LogP contribution in [0, 0.1) is 0 Å². The van der Waals surface area contributed by atoms with E-state index in [1.165, 1.54) is 0 Å². The van der Waals surface area contributed by atoms with Gasteiger partial charge in [-0.3, -0.25) is 4.55 Å². The number of esters is 1. The average molecular weight is 461 g/mol. The Morgan fingerprint density at radius 2 is 1.48 bits per heavy atom. The highest BCUT2D eigenvalue weighted by atomic mass is 32.2. The summed E-state index contributed by atoms with van der Waals surface area (Å²) in [7, 11) is -7.52. The number of carbonyl (C=O) groups is 1. The average Bonchev–Trinajstić information content (AvgIpc) is 2.69. The molecule has 1 N–H and O–H groups in total. The zero-order chi connectivity index (χ0) is 23.3. The molecule has 0 spiro atoms. The van der Waals surface area contributed by atoms with Crippen LogP contribution in [0.5, 0.6) is 0 Å². The van der Waals surface area contributed by atoms with E-state index in [-0.39, 0.29) is 13.0 Å². The fraction of sp³-hybridized carbons (Fsp3) is 0.375. The Bertz CT molecular complexity index is 956. The predicted octanol–water partition coefficient (Wildman–Crippen LogP) is 3.74. The summed E-state index contributed by atoms with van der Waals surface area (Å²) in [6, 6.07) is 19.3. The second-order valence-electron chi connectivity index (χ2n) is 8.85. The summed E-state index contributed by atoms with van der Waals surface area (Å²) >= 11 is 0. The van der Waals surface area contributed by atoms with Crippen LogP contribution in [0.3, 0.4) is 0 Å². The summed E-state index contributed by atoms with van der Waals surface area (Å²) in [4.78, 5) is 10.7. The van der Waals surface area contributed by atoms with E-state index in [0.29, 0.717) is 12.0 Å². The zero-order valence-electron chi connectivity index (χ0n) is 18.7. The summed E-state index contributed by atoms with van der Waals surface area (Å²) < 4.78 is 41.4. The minimum absolute atomic E-state index is 0.0654. The quantitative estimate of drug-likeness (QED) is 0.203. The van der Waals surface area contributed by atoms with E-state index >= 15 is 0 Å². The lowest BCUT2D eigenvalue weighted by atomic mass is 10.2. The van der Waals surface area contributed by atoms with E-state index in [9.17, 15) is 17.8 Å². The third-order valence-electron chi connectivity index (χ3n) is 5.68. The highest BCUT2D eigenvalue weighted by molar-refractivity contribution is 7.89. The summed E-state index contributed by atoms with van der Waals surface area (Å²) in [6.45, 7) is 11.3. The van der Waals surface area contributed by atoms with Crippen molar-refractivity contribution in [3.8, 4) is 0 Å². The van der Waals surface area contributed by atoms with Gasteiger partial charge in [-0.1, -0.05) is 98.4 Å². The normalized spacial score (nSPS) is 13.5. The second-order valence-corrected chi connectivity index (χ2v) is 15.8. The number of carbonyl (C=O) groups excluding carboxylic acids is 1. The summed E-state index contributed by atoms with van der Waals surface area (Å²) in [6.07, 6.45) is 0.490. The van der Waals surface area contributed by atoms with Crippen molar-refractivity contribution in [3.63, 3.8) is 0 Å². The molecule has 0 aromatic heterocycles. The number of rotatable bonds is 9. The van der Waals surface area contributed by atoms with Gasteiger partial charge in [0.1, 0.15) is 8.07 Å². The maximum atomic E-state index is 12.9. The minimum Gasteiger partial charge on any atom is -0.462 e. The molecular formula is C24H32O5SSi. The lowest BCUT2D eigenvalue weighted by Crippen LogP contribution is -2.73. The first-order valence-corrected chi connectivity index (χ1v) is 13.9. The van der Waals surface area contributed by atoms with Crippen LogP contribution in [-0.2, 0) is 19.6 Å². The van der Waals surface area contributed by atoms with Crippen LogP contribution in [0.25, 0.3) is 0 Å². The van der Waals surface area contributed by atoms with Gasteiger partial charge in [-0.2, -0.15) is 8.42 Å². The molecule has 5 nitrogen and oxygen atoms in total. The van der Waals surface area contributed by atoms with Crippen molar-refractivity contribution in [3.05, 3.63) is 72.8 Å². The van der Waals surface area contributed by atoms with Gasteiger partial charge in [0.25, 0.3) is 10.1 Å². The number of ether oxygens (including phenoxy) is 1. The Morgan fingerprint density at radius 3 is 1.84 bits per heavy atom. The van der Waals surface area contributed by atoms with E-state index in [1.54, 1.807) is 6.92 Å². The third-order valence-corrected chi connectivity index (χ3v) is 14.7. The minimum atomic E-state index is -4.42. The summed E-state index contributed by atoms with van der Waals surface area (Å²) in [5.74, 6) is -0.506. The fourth-order valence-electron chi connectivity index (χ4n) is 4.44. The van der Waals surface area contributed by atoms with Crippen LogP contribution in [0.2, 0.25) is 5.04 Å². The first-order valence-electron chi connectivity index (χ1n) is 10.3. The molecular weight excluding hydrogens is 428 g/mol. The lowest BCUT2D eigenvalue weighted by Gasteiger charge is -2.48. The van der Waals surface area contributed by atoms with Gasteiger partial charge in [0.2, 0.25) is 0 Å². The maximum absolute atomic E-state index is 12.9. The molecule has 0 amide bonds. The molecule has 0 fully saturated rings. The first kappa shape index (κ1) is 25.0. The molecule has 0 heterocycles. The molecule has 7 heteroatoms. The summed E-state index contributed by atoms with van der Waals surface area (Å²) in [5.41, 5.74) is 0.290. The molecule has 0 aliphatic rings. The van der Waals surface area contributed by atoms with E-state index in [2.05, 4.69) is 6.58 Å². The van der Waals surface area contributed by atoms with Crippen LogP contribution < -0.4 is 10.4 Å². The van der Waals surface area contributed by atoms with Crippen LogP contribution in [0.1, 0.15) is 40.5 Å². The van der Waals surface area contributed by atoms with E-state index < -0.39 is 34.1 Å².